The van der Waals surface area contributed by atoms with Gasteiger partial charge in [0.15, 0.2) is 0 Å². The molecule has 0 aromatic rings. The maximum atomic E-state index is 6.19. The summed E-state index contributed by atoms with van der Waals surface area (Å²) in [6.45, 7) is 10.7. The molecule has 0 fully saturated rings. The SMILES string of the molecule is C=CC(=C)OCC(C)COC1=C2C=CC3=C4C(=CC=C(C=C1)C24)CC=C3. The topological polar surface area (TPSA) is 18.5 Å². The summed E-state index contributed by atoms with van der Waals surface area (Å²) in [5.74, 6) is 2.16. The molecule has 26 heavy (non-hydrogen) atoms. The Morgan fingerprint density at radius 1 is 1.19 bits per heavy atom. The zero-order chi connectivity index (χ0) is 18.1. The lowest BCUT2D eigenvalue weighted by Crippen LogP contribution is -2.23. The van der Waals surface area contributed by atoms with E-state index in [9.17, 15) is 0 Å². The number of rotatable bonds is 7. The second-order valence-electron chi connectivity index (χ2n) is 7.15. The van der Waals surface area contributed by atoms with Crippen LogP contribution in [0.3, 0.4) is 0 Å². The highest BCUT2D eigenvalue weighted by Gasteiger charge is 2.34. The van der Waals surface area contributed by atoms with Gasteiger partial charge in [0.1, 0.15) is 11.5 Å². The van der Waals surface area contributed by atoms with E-state index in [-0.39, 0.29) is 5.92 Å². The first-order chi connectivity index (χ1) is 12.7. The van der Waals surface area contributed by atoms with Crippen LogP contribution in [0.1, 0.15) is 13.3 Å². The van der Waals surface area contributed by atoms with Gasteiger partial charge in [-0.05, 0) is 40.9 Å². The van der Waals surface area contributed by atoms with Gasteiger partial charge in [-0.3, -0.25) is 0 Å². The molecule has 132 valence electrons. The molecule has 2 atom stereocenters. The highest BCUT2D eigenvalue weighted by atomic mass is 16.5. The largest absolute Gasteiger partial charge is 0.494 e. The van der Waals surface area contributed by atoms with Crippen molar-refractivity contribution in [3.05, 3.63) is 107 Å². The first kappa shape index (κ1) is 16.7. The fourth-order valence-corrected chi connectivity index (χ4v) is 3.79. The van der Waals surface area contributed by atoms with E-state index in [1.54, 1.807) is 6.08 Å². The summed E-state index contributed by atoms with van der Waals surface area (Å²) in [5, 5.41) is 0. The smallest absolute Gasteiger partial charge is 0.123 e. The molecule has 4 rings (SSSR count). The summed E-state index contributed by atoms with van der Waals surface area (Å²) in [5.41, 5.74) is 6.83. The van der Waals surface area contributed by atoms with Gasteiger partial charge in [0.05, 0.1) is 13.2 Å². The lowest BCUT2D eigenvalue weighted by Gasteiger charge is -2.36. The number of ether oxygens (including phenoxy) is 2. The second kappa shape index (κ2) is 6.87. The summed E-state index contributed by atoms with van der Waals surface area (Å²) in [4.78, 5) is 0. The van der Waals surface area contributed by atoms with Crippen LogP contribution in [0, 0.1) is 11.8 Å². The average molecular weight is 344 g/mol. The third kappa shape index (κ3) is 2.96. The molecule has 2 heteroatoms. The third-order valence-electron chi connectivity index (χ3n) is 5.16. The van der Waals surface area contributed by atoms with E-state index in [1.807, 2.05) is 0 Å². The van der Waals surface area contributed by atoms with Gasteiger partial charge < -0.3 is 9.47 Å². The summed E-state index contributed by atoms with van der Waals surface area (Å²) in [6, 6.07) is 0. The van der Waals surface area contributed by atoms with Crippen LogP contribution in [-0.4, -0.2) is 13.2 Å². The maximum Gasteiger partial charge on any atom is 0.123 e. The van der Waals surface area contributed by atoms with Crippen molar-refractivity contribution in [3.8, 4) is 0 Å². The quantitative estimate of drug-likeness (QED) is 0.449. The van der Waals surface area contributed by atoms with Gasteiger partial charge in [-0.15, -0.1) is 0 Å². The highest BCUT2D eigenvalue weighted by Crippen LogP contribution is 2.47. The Kier molecular flexibility index (Phi) is 4.42. The molecule has 0 radical (unpaired) electrons. The van der Waals surface area contributed by atoms with Crippen LogP contribution in [-0.2, 0) is 9.47 Å². The molecule has 0 heterocycles. The lowest BCUT2D eigenvalue weighted by molar-refractivity contribution is 0.113. The molecule has 2 unspecified atom stereocenters. The standard InChI is InChI=1S/C24H24O2/c1-4-17(3)25-14-16(2)15-26-22-13-11-20-9-8-18-6-5-7-19-10-12-21(22)24(20)23(18)19/h4-5,7-13,16,24H,1,3,6,14-15H2,2H3. The Labute approximate surface area is 155 Å². The average Bonchev–Trinajstić information content (AvgIpc) is 2.69. The lowest BCUT2D eigenvalue weighted by atomic mass is 9.69. The Hall–Kier alpha value is -2.74. The zero-order valence-electron chi connectivity index (χ0n) is 15.2. The van der Waals surface area contributed by atoms with Gasteiger partial charge in [-0.25, -0.2) is 0 Å². The minimum absolute atomic E-state index is 0.270. The van der Waals surface area contributed by atoms with Crippen LogP contribution in [0.25, 0.3) is 0 Å². The second-order valence-corrected chi connectivity index (χ2v) is 7.15. The highest BCUT2D eigenvalue weighted by molar-refractivity contribution is 5.67. The maximum absolute atomic E-state index is 6.19. The van der Waals surface area contributed by atoms with Crippen molar-refractivity contribution in [3.63, 3.8) is 0 Å². The Balaban J connectivity index is 1.52. The van der Waals surface area contributed by atoms with Crippen LogP contribution in [0.15, 0.2) is 107 Å². The Morgan fingerprint density at radius 3 is 2.92 bits per heavy atom. The third-order valence-corrected chi connectivity index (χ3v) is 5.16. The first-order valence-corrected chi connectivity index (χ1v) is 9.16. The number of hydrogen-bond acceptors (Lipinski definition) is 2. The molecule has 2 nitrogen and oxygen atoms in total. The van der Waals surface area contributed by atoms with E-state index in [4.69, 9.17) is 9.47 Å². The molecule has 0 amide bonds. The molecule has 0 bridgehead atoms. The number of hydrogen-bond donors (Lipinski definition) is 0. The van der Waals surface area contributed by atoms with Crippen molar-refractivity contribution < 1.29 is 9.47 Å². The van der Waals surface area contributed by atoms with Crippen LogP contribution >= 0.6 is 0 Å². The van der Waals surface area contributed by atoms with Gasteiger partial charge in [0, 0.05) is 17.4 Å². The molecular formula is C24H24O2. The molecule has 0 N–H and O–H groups in total. The van der Waals surface area contributed by atoms with E-state index in [2.05, 4.69) is 68.7 Å². The van der Waals surface area contributed by atoms with Gasteiger partial charge >= 0.3 is 0 Å². The Morgan fingerprint density at radius 2 is 2.08 bits per heavy atom. The van der Waals surface area contributed by atoms with Gasteiger partial charge in [0.2, 0.25) is 0 Å². The van der Waals surface area contributed by atoms with Crippen molar-refractivity contribution >= 4 is 0 Å². The Bertz CT molecular complexity index is 868. The van der Waals surface area contributed by atoms with Crippen molar-refractivity contribution in [2.75, 3.05) is 13.2 Å². The van der Waals surface area contributed by atoms with E-state index >= 15 is 0 Å². The fourth-order valence-electron chi connectivity index (χ4n) is 3.79. The summed E-state index contributed by atoms with van der Waals surface area (Å²) >= 11 is 0. The first-order valence-electron chi connectivity index (χ1n) is 9.16. The predicted octanol–water partition coefficient (Wildman–Crippen LogP) is 5.49. The van der Waals surface area contributed by atoms with Gasteiger partial charge in [-0.2, -0.15) is 0 Å². The molecule has 0 aromatic carbocycles. The van der Waals surface area contributed by atoms with Crippen molar-refractivity contribution in [2.24, 2.45) is 11.8 Å². The van der Waals surface area contributed by atoms with E-state index in [0.29, 0.717) is 24.9 Å². The fraction of sp³-hybridized carbons (Fsp3) is 0.250. The van der Waals surface area contributed by atoms with Crippen molar-refractivity contribution in [2.45, 2.75) is 13.3 Å². The molecule has 0 aromatic heterocycles. The van der Waals surface area contributed by atoms with Crippen LogP contribution in [0.5, 0.6) is 0 Å². The molecule has 4 aliphatic rings. The molecule has 0 aliphatic heterocycles. The molecule has 4 aliphatic carbocycles. The monoisotopic (exact) mass is 344 g/mol. The van der Waals surface area contributed by atoms with Crippen LogP contribution < -0.4 is 0 Å². The summed E-state index contributed by atoms with van der Waals surface area (Å²) < 4.78 is 11.7. The zero-order valence-corrected chi connectivity index (χ0v) is 15.2. The van der Waals surface area contributed by atoms with Crippen molar-refractivity contribution in [1.82, 2.24) is 0 Å². The van der Waals surface area contributed by atoms with Crippen LogP contribution in [0.4, 0.5) is 0 Å². The molecule has 0 saturated heterocycles. The van der Waals surface area contributed by atoms with E-state index in [0.717, 1.165) is 12.2 Å². The summed E-state index contributed by atoms with van der Waals surface area (Å²) in [6.07, 6.45) is 20.4. The van der Waals surface area contributed by atoms with Gasteiger partial charge in [0.25, 0.3) is 0 Å². The van der Waals surface area contributed by atoms with Crippen molar-refractivity contribution in [1.29, 1.82) is 0 Å². The minimum Gasteiger partial charge on any atom is -0.494 e. The predicted molar refractivity (Wildman–Crippen MR) is 106 cm³/mol. The number of allylic oxidation sites excluding steroid dienone is 14. The normalized spacial score (nSPS) is 23.2. The summed E-state index contributed by atoms with van der Waals surface area (Å²) in [7, 11) is 0. The molecule has 0 spiro atoms. The minimum atomic E-state index is 0.270. The molecule has 0 saturated carbocycles. The molecular weight excluding hydrogens is 320 g/mol. The van der Waals surface area contributed by atoms with Crippen LogP contribution in [0.2, 0.25) is 0 Å². The van der Waals surface area contributed by atoms with E-state index in [1.165, 1.54) is 27.9 Å². The van der Waals surface area contributed by atoms with Gasteiger partial charge in [-0.1, -0.05) is 62.6 Å². The van der Waals surface area contributed by atoms with E-state index < -0.39 is 0 Å².